The van der Waals surface area contributed by atoms with Crippen molar-refractivity contribution in [3.05, 3.63) is 34.6 Å². The van der Waals surface area contributed by atoms with Gasteiger partial charge in [0.2, 0.25) is 0 Å². The molecule has 0 aliphatic carbocycles. The Kier molecular flexibility index (Phi) is 2.08. The fourth-order valence-electron chi connectivity index (χ4n) is 1.84. The Bertz CT molecular complexity index is 333. The molecule has 0 atom stereocenters. The number of rotatable bonds is 0. The van der Waals surface area contributed by atoms with Crippen LogP contribution in [0.15, 0.2) is 12.1 Å². The maximum atomic E-state index is 13.2. The Balaban J connectivity index is 2.43. The molecule has 0 amide bonds. The molecule has 2 rings (SSSR count). The van der Waals surface area contributed by atoms with Gasteiger partial charge in [0.1, 0.15) is 5.82 Å². The van der Waals surface area contributed by atoms with Gasteiger partial charge in [-0.05, 0) is 43.1 Å². The van der Waals surface area contributed by atoms with Gasteiger partial charge in [-0.25, -0.2) is 4.39 Å². The Hall–Kier alpha value is -0.890. The van der Waals surface area contributed by atoms with Gasteiger partial charge >= 0.3 is 0 Å². The van der Waals surface area contributed by atoms with Gasteiger partial charge in [-0.3, -0.25) is 0 Å². The van der Waals surface area contributed by atoms with Gasteiger partial charge in [0, 0.05) is 13.1 Å². The normalized spacial score (nSPS) is 17.2. The zero-order chi connectivity index (χ0) is 9.42. The Morgan fingerprint density at radius 3 is 2.85 bits per heavy atom. The molecule has 2 heteroatoms. The van der Waals surface area contributed by atoms with Crippen LogP contribution in [0.2, 0.25) is 0 Å². The first-order valence-electron chi connectivity index (χ1n) is 4.63. The lowest BCUT2D eigenvalue weighted by atomic mass is 9.98. The second-order valence-electron chi connectivity index (χ2n) is 3.86. The fourth-order valence-corrected chi connectivity index (χ4v) is 1.84. The highest BCUT2D eigenvalue weighted by Crippen LogP contribution is 2.21. The lowest BCUT2D eigenvalue weighted by molar-refractivity contribution is 0.312. The molecule has 0 spiro atoms. The summed E-state index contributed by atoms with van der Waals surface area (Å²) >= 11 is 0. The molecule has 0 unspecified atom stereocenters. The third-order valence-electron chi connectivity index (χ3n) is 2.68. The highest BCUT2D eigenvalue weighted by Gasteiger charge is 2.14. The number of nitrogens with zero attached hydrogens (tertiary/aromatic N) is 1. The smallest absolute Gasteiger partial charge is 0.126 e. The minimum Gasteiger partial charge on any atom is -0.302 e. The molecular formula is C11H14FN. The number of hydrogen-bond acceptors (Lipinski definition) is 1. The third kappa shape index (κ3) is 1.59. The molecule has 1 heterocycles. The lowest BCUT2D eigenvalue weighted by Gasteiger charge is -2.25. The maximum absolute atomic E-state index is 13.2. The highest BCUT2D eigenvalue weighted by atomic mass is 19.1. The molecule has 70 valence electrons. The van der Waals surface area contributed by atoms with Crippen molar-refractivity contribution in [1.82, 2.24) is 4.90 Å². The monoisotopic (exact) mass is 179 g/mol. The molecule has 1 aliphatic rings. The van der Waals surface area contributed by atoms with Crippen LogP contribution in [0.25, 0.3) is 0 Å². The summed E-state index contributed by atoms with van der Waals surface area (Å²) in [5.41, 5.74) is 3.23. The first-order chi connectivity index (χ1) is 6.16. The summed E-state index contributed by atoms with van der Waals surface area (Å²) in [6.45, 7) is 3.79. The van der Waals surface area contributed by atoms with Crippen molar-refractivity contribution < 1.29 is 4.39 Å². The molecule has 0 fully saturated rings. The number of halogens is 1. The third-order valence-corrected chi connectivity index (χ3v) is 2.68. The second kappa shape index (κ2) is 3.11. The molecule has 13 heavy (non-hydrogen) atoms. The predicted molar refractivity (Wildman–Crippen MR) is 51.2 cm³/mol. The van der Waals surface area contributed by atoms with Crippen molar-refractivity contribution >= 4 is 0 Å². The van der Waals surface area contributed by atoms with E-state index in [1.165, 1.54) is 5.56 Å². The molecular weight excluding hydrogens is 165 g/mol. The predicted octanol–water partition coefficient (Wildman–Crippen LogP) is 2.12. The van der Waals surface area contributed by atoms with Crippen molar-refractivity contribution in [3.8, 4) is 0 Å². The van der Waals surface area contributed by atoms with E-state index in [0.29, 0.717) is 0 Å². The van der Waals surface area contributed by atoms with Gasteiger partial charge in [0.15, 0.2) is 0 Å². The number of likely N-dealkylation sites (N-methyl/N-ethyl adjacent to an activating group) is 1. The van der Waals surface area contributed by atoms with Crippen LogP contribution in [-0.4, -0.2) is 18.5 Å². The number of aryl methyl sites for hydroxylation is 1. The Morgan fingerprint density at radius 2 is 2.08 bits per heavy atom. The average Bonchev–Trinajstić information content (AvgIpc) is 2.08. The zero-order valence-electron chi connectivity index (χ0n) is 8.10. The van der Waals surface area contributed by atoms with Crippen molar-refractivity contribution in [2.24, 2.45) is 0 Å². The largest absolute Gasteiger partial charge is 0.302 e. The Labute approximate surface area is 78.2 Å². The molecule has 0 N–H and O–H groups in total. The van der Waals surface area contributed by atoms with E-state index in [4.69, 9.17) is 0 Å². The van der Waals surface area contributed by atoms with Gasteiger partial charge in [-0.15, -0.1) is 0 Å². The minimum atomic E-state index is -0.0750. The summed E-state index contributed by atoms with van der Waals surface area (Å²) in [6.07, 6.45) is 1.05. The number of benzene rings is 1. The number of hydrogen-bond donors (Lipinski definition) is 0. The second-order valence-corrected chi connectivity index (χ2v) is 3.86. The molecule has 0 saturated heterocycles. The average molecular weight is 179 g/mol. The van der Waals surface area contributed by atoms with Crippen LogP contribution in [0, 0.1) is 12.7 Å². The van der Waals surface area contributed by atoms with Gasteiger partial charge in [0.25, 0.3) is 0 Å². The van der Waals surface area contributed by atoms with Gasteiger partial charge in [-0.2, -0.15) is 0 Å². The maximum Gasteiger partial charge on any atom is 0.126 e. The Morgan fingerprint density at radius 1 is 1.31 bits per heavy atom. The van der Waals surface area contributed by atoms with E-state index in [1.54, 1.807) is 6.07 Å². The van der Waals surface area contributed by atoms with Crippen LogP contribution >= 0.6 is 0 Å². The SMILES string of the molecule is Cc1cc2c(cc1F)CN(C)CC2. The van der Waals surface area contributed by atoms with Gasteiger partial charge in [-0.1, -0.05) is 6.07 Å². The van der Waals surface area contributed by atoms with Crippen molar-refractivity contribution in [2.45, 2.75) is 19.9 Å². The van der Waals surface area contributed by atoms with E-state index in [1.807, 2.05) is 13.0 Å². The molecule has 1 aromatic carbocycles. The van der Waals surface area contributed by atoms with E-state index in [2.05, 4.69) is 11.9 Å². The van der Waals surface area contributed by atoms with Crippen LogP contribution in [-0.2, 0) is 13.0 Å². The summed E-state index contributed by atoms with van der Waals surface area (Å²) in [5, 5.41) is 0. The first-order valence-corrected chi connectivity index (χ1v) is 4.63. The summed E-state index contributed by atoms with van der Waals surface area (Å²) in [6, 6.07) is 3.66. The fraction of sp³-hybridized carbons (Fsp3) is 0.455. The number of fused-ring (bicyclic) bond motifs is 1. The topological polar surface area (TPSA) is 3.24 Å². The van der Waals surface area contributed by atoms with Crippen molar-refractivity contribution in [1.29, 1.82) is 0 Å². The van der Waals surface area contributed by atoms with E-state index < -0.39 is 0 Å². The van der Waals surface area contributed by atoms with E-state index in [9.17, 15) is 4.39 Å². The summed E-state index contributed by atoms with van der Waals surface area (Å²) < 4.78 is 13.2. The van der Waals surface area contributed by atoms with Crippen LogP contribution in [0.4, 0.5) is 4.39 Å². The summed E-state index contributed by atoms with van der Waals surface area (Å²) in [5.74, 6) is -0.0750. The summed E-state index contributed by atoms with van der Waals surface area (Å²) in [4.78, 5) is 2.22. The molecule has 1 nitrogen and oxygen atoms in total. The molecule has 0 bridgehead atoms. The quantitative estimate of drug-likeness (QED) is 0.589. The standard InChI is InChI=1S/C11H14FN/c1-8-5-9-3-4-13(2)7-10(9)6-11(8)12/h5-6H,3-4,7H2,1-2H3. The zero-order valence-corrected chi connectivity index (χ0v) is 8.10. The van der Waals surface area contributed by atoms with E-state index in [-0.39, 0.29) is 5.82 Å². The van der Waals surface area contributed by atoms with Crippen LogP contribution in [0.1, 0.15) is 16.7 Å². The molecule has 1 aliphatic heterocycles. The molecule has 0 saturated carbocycles. The molecule has 0 aromatic heterocycles. The first kappa shape index (κ1) is 8.70. The van der Waals surface area contributed by atoms with Gasteiger partial charge < -0.3 is 4.90 Å². The van der Waals surface area contributed by atoms with E-state index in [0.717, 1.165) is 30.6 Å². The van der Waals surface area contributed by atoms with Gasteiger partial charge in [0.05, 0.1) is 0 Å². The summed E-state index contributed by atoms with van der Waals surface area (Å²) in [7, 11) is 2.07. The van der Waals surface area contributed by atoms with Crippen molar-refractivity contribution in [2.75, 3.05) is 13.6 Å². The van der Waals surface area contributed by atoms with E-state index >= 15 is 0 Å². The lowest BCUT2D eigenvalue weighted by Crippen LogP contribution is -2.26. The van der Waals surface area contributed by atoms with Crippen molar-refractivity contribution in [3.63, 3.8) is 0 Å². The molecule has 0 radical (unpaired) electrons. The van der Waals surface area contributed by atoms with Crippen LogP contribution in [0.5, 0.6) is 0 Å². The minimum absolute atomic E-state index is 0.0750. The van der Waals surface area contributed by atoms with Crippen LogP contribution < -0.4 is 0 Å². The van der Waals surface area contributed by atoms with Crippen LogP contribution in [0.3, 0.4) is 0 Å². The highest BCUT2D eigenvalue weighted by molar-refractivity contribution is 5.34. The molecule has 1 aromatic rings.